The smallest absolute Gasteiger partial charge is 0.237 e. The number of rotatable bonds is 7. The van der Waals surface area contributed by atoms with Crippen LogP contribution in [-0.4, -0.2) is 32.9 Å². The standard InChI is InChI=1S/C24H22FN5O/c25-21-12-22-20(24(28-14-27-22)29-17-4-5-17)11-19(21)16-3-1-2-15(10-16)13-30(18-6-7-18)23(31)8-9-26/h1-3,10-12,14,17-18H,4-8,13H2,(H,27,28,29). The third kappa shape index (κ3) is 4.19. The molecule has 1 aromatic heterocycles. The van der Waals surface area contributed by atoms with E-state index in [0.29, 0.717) is 23.7 Å². The van der Waals surface area contributed by atoms with Crippen LogP contribution in [0.2, 0.25) is 0 Å². The molecule has 6 nitrogen and oxygen atoms in total. The van der Waals surface area contributed by atoms with Crippen LogP contribution in [0.1, 0.15) is 37.7 Å². The minimum atomic E-state index is -0.347. The maximum absolute atomic E-state index is 15.0. The fraction of sp³-hybridized carbons (Fsp3) is 0.333. The number of hydrogen-bond donors (Lipinski definition) is 1. The Morgan fingerprint density at radius 1 is 1.19 bits per heavy atom. The van der Waals surface area contributed by atoms with Gasteiger partial charge in [-0.3, -0.25) is 4.79 Å². The Balaban J connectivity index is 1.48. The molecule has 2 aliphatic carbocycles. The van der Waals surface area contributed by atoms with Crippen LogP contribution in [0.25, 0.3) is 22.0 Å². The zero-order chi connectivity index (χ0) is 21.4. The fourth-order valence-corrected chi connectivity index (χ4v) is 3.85. The predicted molar refractivity (Wildman–Crippen MR) is 115 cm³/mol. The van der Waals surface area contributed by atoms with Crippen molar-refractivity contribution >= 4 is 22.6 Å². The first kappa shape index (κ1) is 19.4. The zero-order valence-corrected chi connectivity index (χ0v) is 17.0. The highest BCUT2D eigenvalue weighted by Gasteiger charge is 2.32. The van der Waals surface area contributed by atoms with Crippen molar-refractivity contribution in [1.82, 2.24) is 14.9 Å². The molecule has 2 aromatic carbocycles. The van der Waals surface area contributed by atoms with Crippen molar-refractivity contribution < 1.29 is 9.18 Å². The quantitative estimate of drug-likeness (QED) is 0.618. The Bertz CT molecular complexity index is 1200. The zero-order valence-electron chi connectivity index (χ0n) is 17.0. The van der Waals surface area contributed by atoms with Gasteiger partial charge in [0.1, 0.15) is 24.4 Å². The topological polar surface area (TPSA) is 81.9 Å². The van der Waals surface area contributed by atoms with Gasteiger partial charge in [-0.25, -0.2) is 14.4 Å². The van der Waals surface area contributed by atoms with Gasteiger partial charge in [0.2, 0.25) is 5.91 Å². The number of nitrogens with one attached hydrogen (secondary N) is 1. The molecule has 2 aliphatic rings. The van der Waals surface area contributed by atoms with Crippen LogP contribution >= 0.6 is 0 Å². The Kier molecular flexibility index (Phi) is 4.99. The normalized spacial score (nSPS) is 15.5. The number of fused-ring (bicyclic) bond motifs is 1. The maximum atomic E-state index is 15.0. The van der Waals surface area contributed by atoms with E-state index in [0.717, 1.165) is 48.0 Å². The third-order valence-corrected chi connectivity index (χ3v) is 5.77. The van der Waals surface area contributed by atoms with E-state index in [4.69, 9.17) is 5.26 Å². The van der Waals surface area contributed by atoms with Gasteiger partial charge in [0.15, 0.2) is 0 Å². The lowest BCUT2D eigenvalue weighted by molar-refractivity contribution is -0.131. The van der Waals surface area contributed by atoms with E-state index in [1.165, 1.54) is 12.4 Å². The van der Waals surface area contributed by atoms with E-state index in [2.05, 4.69) is 15.3 Å². The van der Waals surface area contributed by atoms with Gasteiger partial charge in [0.25, 0.3) is 0 Å². The number of aromatic nitrogens is 2. The average Bonchev–Trinajstić information content (AvgIpc) is 3.67. The van der Waals surface area contributed by atoms with Crippen molar-refractivity contribution in [3.63, 3.8) is 0 Å². The van der Waals surface area contributed by atoms with Gasteiger partial charge in [0, 0.05) is 35.6 Å². The SMILES string of the molecule is N#CCC(=O)N(Cc1cccc(-c2cc3c(NC4CC4)ncnc3cc2F)c1)C1CC1. The van der Waals surface area contributed by atoms with Crippen molar-refractivity contribution in [2.24, 2.45) is 0 Å². The van der Waals surface area contributed by atoms with Crippen LogP contribution < -0.4 is 5.32 Å². The van der Waals surface area contributed by atoms with E-state index in [1.807, 2.05) is 30.3 Å². The summed E-state index contributed by atoms with van der Waals surface area (Å²) >= 11 is 0. The molecule has 3 aromatic rings. The van der Waals surface area contributed by atoms with Crippen LogP contribution in [0, 0.1) is 17.1 Å². The Morgan fingerprint density at radius 2 is 2.03 bits per heavy atom. The van der Waals surface area contributed by atoms with Gasteiger partial charge >= 0.3 is 0 Å². The fourth-order valence-electron chi connectivity index (χ4n) is 3.85. The van der Waals surface area contributed by atoms with Crippen molar-refractivity contribution in [3.8, 4) is 17.2 Å². The molecule has 5 rings (SSSR count). The number of carbonyl (C=O) groups is 1. The van der Waals surface area contributed by atoms with Gasteiger partial charge in [-0.1, -0.05) is 18.2 Å². The number of halogens is 1. The van der Waals surface area contributed by atoms with E-state index in [-0.39, 0.29) is 24.2 Å². The van der Waals surface area contributed by atoms with E-state index in [1.54, 1.807) is 11.0 Å². The number of nitriles is 1. The Hall–Kier alpha value is -3.53. The van der Waals surface area contributed by atoms with Crippen LogP contribution in [-0.2, 0) is 11.3 Å². The summed E-state index contributed by atoms with van der Waals surface area (Å²) in [5, 5.41) is 13.1. The lowest BCUT2D eigenvalue weighted by Crippen LogP contribution is -2.32. The molecule has 0 atom stereocenters. The highest BCUT2D eigenvalue weighted by molar-refractivity contribution is 5.93. The van der Waals surface area contributed by atoms with Crippen molar-refractivity contribution in [3.05, 3.63) is 54.1 Å². The molecular formula is C24H22FN5O. The first-order valence-electron chi connectivity index (χ1n) is 10.6. The van der Waals surface area contributed by atoms with Gasteiger partial charge in [-0.05, 0) is 48.9 Å². The molecule has 7 heteroatoms. The number of nitrogens with zero attached hydrogens (tertiary/aromatic N) is 4. The molecule has 2 saturated carbocycles. The molecular weight excluding hydrogens is 393 g/mol. The molecule has 0 radical (unpaired) electrons. The number of anilines is 1. The number of hydrogen-bond acceptors (Lipinski definition) is 5. The third-order valence-electron chi connectivity index (χ3n) is 5.77. The number of benzene rings is 2. The van der Waals surface area contributed by atoms with Crippen LogP contribution in [0.15, 0.2) is 42.7 Å². The van der Waals surface area contributed by atoms with Gasteiger partial charge in [-0.15, -0.1) is 0 Å². The Morgan fingerprint density at radius 3 is 2.77 bits per heavy atom. The van der Waals surface area contributed by atoms with Crippen molar-refractivity contribution in [2.75, 3.05) is 5.32 Å². The summed E-state index contributed by atoms with van der Waals surface area (Å²) in [6.45, 7) is 0.422. The first-order valence-corrected chi connectivity index (χ1v) is 10.6. The summed E-state index contributed by atoms with van der Waals surface area (Å²) in [4.78, 5) is 22.7. The van der Waals surface area contributed by atoms with E-state index >= 15 is 0 Å². The largest absolute Gasteiger partial charge is 0.367 e. The first-order chi connectivity index (χ1) is 15.1. The molecule has 31 heavy (non-hydrogen) atoms. The molecule has 2 fully saturated rings. The molecule has 1 heterocycles. The molecule has 0 bridgehead atoms. The second kappa shape index (κ2) is 7.95. The monoisotopic (exact) mass is 415 g/mol. The molecule has 1 amide bonds. The molecule has 0 aliphatic heterocycles. The minimum Gasteiger partial charge on any atom is -0.367 e. The van der Waals surface area contributed by atoms with Crippen molar-refractivity contribution in [1.29, 1.82) is 5.26 Å². The summed E-state index contributed by atoms with van der Waals surface area (Å²) in [7, 11) is 0. The van der Waals surface area contributed by atoms with Gasteiger partial charge in [-0.2, -0.15) is 5.26 Å². The highest BCUT2D eigenvalue weighted by atomic mass is 19.1. The van der Waals surface area contributed by atoms with Crippen molar-refractivity contribution in [2.45, 2.75) is 50.7 Å². The molecule has 1 N–H and O–H groups in total. The molecule has 0 saturated heterocycles. The minimum absolute atomic E-state index is 0.119. The Labute approximate surface area is 179 Å². The molecule has 0 unspecified atom stereocenters. The van der Waals surface area contributed by atoms with Gasteiger partial charge in [0.05, 0.1) is 11.6 Å². The summed E-state index contributed by atoms with van der Waals surface area (Å²) in [6.07, 6.45) is 5.50. The lowest BCUT2D eigenvalue weighted by Gasteiger charge is -2.22. The summed E-state index contributed by atoms with van der Waals surface area (Å²) in [6, 6.07) is 13.4. The molecule has 156 valence electrons. The van der Waals surface area contributed by atoms with E-state index < -0.39 is 0 Å². The van der Waals surface area contributed by atoms with Crippen LogP contribution in [0.5, 0.6) is 0 Å². The number of amides is 1. The second-order valence-corrected chi connectivity index (χ2v) is 8.28. The summed E-state index contributed by atoms with van der Waals surface area (Å²) in [5.41, 5.74) is 2.69. The van der Waals surface area contributed by atoms with E-state index in [9.17, 15) is 9.18 Å². The van der Waals surface area contributed by atoms with Crippen LogP contribution in [0.4, 0.5) is 10.2 Å². The summed E-state index contributed by atoms with van der Waals surface area (Å²) in [5.74, 6) is 0.229. The molecule has 0 spiro atoms. The summed E-state index contributed by atoms with van der Waals surface area (Å²) < 4.78 is 15.0. The number of carbonyl (C=O) groups excluding carboxylic acids is 1. The van der Waals surface area contributed by atoms with Crippen LogP contribution in [0.3, 0.4) is 0 Å². The lowest BCUT2D eigenvalue weighted by atomic mass is 10.00. The van der Waals surface area contributed by atoms with Gasteiger partial charge < -0.3 is 10.2 Å². The predicted octanol–water partition coefficient (Wildman–Crippen LogP) is 4.41. The highest BCUT2D eigenvalue weighted by Crippen LogP contribution is 2.33. The second-order valence-electron chi connectivity index (χ2n) is 8.28. The average molecular weight is 415 g/mol. The maximum Gasteiger partial charge on any atom is 0.237 e.